The molecule has 0 bridgehead atoms. The van der Waals surface area contributed by atoms with Crippen LogP contribution < -0.4 is 4.74 Å². The molecule has 0 aliphatic rings. The van der Waals surface area contributed by atoms with E-state index in [4.69, 9.17) is 15.3 Å². The van der Waals surface area contributed by atoms with E-state index in [1.54, 1.807) is 12.1 Å². The molecule has 1 aromatic carbocycles. The van der Waals surface area contributed by atoms with Crippen molar-refractivity contribution in [3.8, 4) is 23.6 Å². The summed E-state index contributed by atoms with van der Waals surface area (Å²) in [7, 11) is 1.45. The van der Waals surface area contributed by atoms with Gasteiger partial charge in [0, 0.05) is 6.42 Å². The topological polar surface area (TPSA) is 77.0 Å². The number of ether oxygens (including phenoxy) is 1. The maximum absolute atomic E-state index is 9.33. The van der Waals surface area contributed by atoms with Gasteiger partial charge in [-0.2, -0.15) is 10.5 Å². The monoisotopic (exact) mass is 202 g/mol. The van der Waals surface area contributed by atoms with Crippen molar-refractivity contribution in [3.05, 3.63) is 23.8 Å². The number of methoxy groups -OCH3 is 1. The van der Waals surface area contributed by atoms with E-state index in [9.17, 15) is 5.11 Å². The first kappa shape index (κ1) is 10.9. The minimum Gasteiger partial charge on any atom is -0.504 e. The molecule has 1 N–H and O–H groups in total. The molecule has 0 aliphatic carbocycles. The zero-order valence-corrected chi connectivity index (χ0v) is 8.27. The van der Waals surface area contributed by atoms with Crippen molar-refractivity contribution in [1.29, 1.82) is 10.5 Å². The van der Waals surface area contributed by atoms with Gasteiger partial charge in [0.05, 0.1) is 19.2 Å². The van der Waals surface area contributed by atoms with Crippen LogP contribution >= 0.6 is 0 Å². The van der Waals surface area contributed by atoms with Crippen LogP contribution in [0, 0.1) is 28.6 Å². The van der Waals surface area contributed by atoms with Crippen LogP contribution in [-0.2, 0) is 6.42 Å². The Kier molecular flexibility index (Phi) is 3.54. The molecule has 0 fully saturated rings. The van der Waals surface area contributed by atoms with Gasteiger partial charge in [0.25, 0.3) is 0 Å². The van der Waals surface area contributed by atoms with E-state index in [2.05, 4.69) is 0 Å². The second kappa shape index (κ2) is 4.88. The molecule has 0 heterocycles. The van der Waals surface area contributed by atoms with Crippen LogP contribution in [0.2, 0.25) is 0 Å². The lowest BCUT2D eigenvalue weighted by Crippen LogP contribution is -1.98. The van der Waals surface area contributed by atoms with Gasteiger partial charge >= 0.3 is 0 Å². The molecule has 0 unspecified atom stereocenters. The second-order valence-corrected chi connectivity index (χ2v) is 3.02. The van der Waals surface area contributed by atoms with Gasteiger partial charge in [-0.05, 0) is 17.7 Å². The fourth-order valence-electron chi connectivity index (χ4n) is 1.20. The Morgan fingerprint density at radius 1 is 1.40 bits per heavy atom. The number of phenolic OH excluding ortho intramolecular Hbond substituents is 1. The number of rotatable bonds is 3. The highest BCUT2D eigenvalue weighted by atomic mass is 16.5. The van der Waals surface area contributed by atoms with Crippen molar-refractivity contribution in [2.75, 3.05) is 7.11 Å². The standard InChI is InChI=1S/C11H10N2O2/c1-15-11-5-8(2-3-10(11)14)4-9(6-12)7-13/h2-3,5,9,14H,4H2,1H3. The first-order chi connectivity index (χ1) is 7.21. The zero-order chi connectivity index (χ0) is 11.3. The molecule has 4 nitrogen and oxygen atoms in total. The molecular weight excluding hydrogens is 192 g/mol. The lowest BCUT2D eigenvalue weighted by molar-refractivity contribution is 0.373. The highest BCUT2D eigenvalue weighted by Crippen LogP contribution is 2.27. The first-order valence-electron chi connectivity index (χ1n) is 4.36. The largest absolute Gasteiger partial charge is 0.504 e. The minimum atomic E-state index is -0.667. The fraction of sp³-hybridized carbons (Fsp3) is 0.273. The van der Waals surface area contributed by atoms with Gasteiger partial charge in [0.1, 0.15) is 5.92 Å². The minimum absolute atomic E-state index is 0.0479. The van der Waals surface area contributed by atoms with E-state index in [1.165, 1.54) is 13.2 Å². The van der Waals surface area contributed by atoms with E-state index in [-0.39, 0.29) is 5.75 Å². The predicted molar refractivity (Wildman–Crippen MR) is 53.1 cm³/mol. The Morgan fingerprint density at radius 3 is 2.60 bits per heavy atom. The average Bonchev–Trinajstić information content (AvgIpc) is 2.28. The molecule has 0 saturated carbocycles. The second-order valence-electron chi connectivity index (χ2n) is 3.02. The average molecular weight is 202 g/mol. The Bertz CT molecular complexity index is 415. The number of phenols is 1. The van der Waals surface area contributed by atoms with Crippen molar-refractivity contribution in [2.45, 2.75) is 6.42 Å². The van der Waals surface area contributed by atoms with Crippen LogP contribution in [0.3, 0.4) is 0 Å². The number of hydrogen-bond donors (Lipinski definition) is 1. The van der Waals surface area contributed by atoms with Crippen molar-refractivity contribution in [2.24, 2.45) is 5.92 Å². The summed E-state index contributed by atoms with van der Waals surface area (Å²) in [5, 5.41) is 26.6. The Hall–Kier alpha value is -2.20. The lowest BCUT2D eigenvalue weighted by Gasteiger charge is -2.06. The molecule has 1 aromatic rings. The summed E-state index contributed by atoms with van der Waals surface area (Å²) in [5.74, 6) is -0.270. The normalized spacial score (nSPS) is 9.33. The maximum Gasteiger partial charge on any atom is 0.160 e. The van der Waals surface area contributed by atoms with Crippen LogP contribution in [0.4, 0.5) is 0 Å². The zero-order valence-electron chi connectivity index (χ0n) is 8.27. The highest BCUT2D eigenvalue weighted by Gasteiger charge is 2.09. The van der Waals surface area contributed by atoms with Crippen LogP contribution in [0.5, 0.6) is 11.5 Å². The number of benzene rings is 1. The third-order valence-corrected chi connectivity index (χ3v) is 2.00. The number of hydrogen-bond acceptors (Lipinski definition) is 4. The smallest absolute Gasteiger partial charge is 0.160 e. The molecule has 4 heteroatoms. The SMILES string of the molecule is COc1cc(CC(C#N)C#N)ccc1O. The molecule has 15 heavy (non-hydrogen) atoms. The van der Waals surface area contributed by atoms with Gasteiger partial charge in [0.2, 0.25) is 0 Å². The van der Waals surface area contributed by atoms with Crippen molar-refractivity contribution < 1.29 is 9.84 Å². The van der Waals surface area contributed by atoms with Gasteiger partial charge in [-0.3, -0.25) is 0 Å². The molecular formula is C11H10N2O2. The van der Waals surface area contributed by atoms with Crippen molar-refractivity contribution in [1.82, 2.24) is 0 Å². The van der Waals surface area contributed by atoms with E-state index in [0.29, 0.717) is 12.2 Å². The van der Waals surface area contributed by atoms with E-state index >= 15 is 0 Å². The van der Waals surface area contributed by atoms with E-state index in [1.807, 2.05) is 12.1 Å². The summed E-state index contributed by atoms with van der Waals surface area (Å²) in [6.45, 7) is 0. The van der Waals surface area contributed by atoms with Crippen molar-refractivity contribution in [3.63, 3.8) is 0 Å². The molecule has 0 amide bonds. The summed E-state index contributed by atoms with van der Waals surface area (Å²) in [6, 6.07) is 8.55. The quantitative estimate of drug-likeness (QED) is 0.807. The van der Waals surface area contributed by atoms with Crippen LogP contribution in [0.25, 0.3) is 0 Å². The third-order valence-electron chi connectivity index (χ3n) is 2.00. The molecule has 0 spiro atoms. The summed E-state index contributed by atoms with van der Waals surface area (Å²) in [6.07, 6.45) is 0.337. The third kappa shape index (κ3) is 2.62. The van der Waals surface area contributed by atoms with Crippen LogP contribution in [0.15, 0.2) is 18.2 Å². The number of nitrogens with zero attached hydrogens (tertiary/aromatic N) is 2. The molecule has 1 rings (SSSR count). The van der Waals surface area contributed by atoms with Crippen LogP contribution in [-0.4, -0.2) is 12.2 Å². The lowest BCUT2D eigenvalue weighted by atomic mass is 10.0. The summed E-state index contributed by atoms with van der Waals surface area (Å²) < 4.78 is 4.92. The molecule has 76 valence electrons. The number of nitriles is 2. The van der Waals surface area contributed by atoms with E-state index < -0.39 is 5.92 Å². The molecule has 0 aromatic heterocycles. The Balaban J connectivity index is 2.89. The van der Waals surface area contributed by atoms with Gasteiger partial charge in [-0.25, -0.2) is 0 Å². The summed E-state index contributed by atoms with van der Waals surface area (Å²) >= 11 is 0. The predicted octanol–water partition coefficient (Wildman–Crippen LogP) is 1.61. The molecule has 0 radical (unpaired) electrons. The van der Waals surface area contributed by atoms with E-state index in [0.717, 1.165) is 5.56 Å². The molecule has 0 aliphatic heterocycles. The highest BCUT2D eigenvalue weighted by molar-refractivity contribution is 5.42. The first-order valence-corrected chi connectivity index (χ1v) is 4.36. The maximum atomic E-state index is 9.33. The molecule has 0 atom stereocenters. The number of aromatic hydroxyl groups is 1. The summed E-state index contributed by atoms with van der Waals surface area (Å²) in [5.41, 5.74) is 0.790. The molecule has 0 saturated heterocycles. The Morgan fingerprint density at radius 2 is 2.07 bits per heavy atom. The summed E-state index contributed by atoms with van der Waals surface area (Å²) in [4.78, 5) is 0. The van der Waals surface area contributed by atoms with Gasteiger partial charge in [-0.15, -0.1) is 0 Å². The Labute approximate surface area is 87.9 Å². The van der Waals surface area contributed by atoms with Crippen molar-refractivity contribution >= 4 is 0 Å². The van der Waals surface area contributed by atoms with Gasteiger partial charge in [-0.1, -0.05) is 6.07 Å². The van der Waals surface area contributed by atoms with Gasteiger partial charge in [0.15, 0.2) is 11.5 Å². The van der Waals surface area contributed by atoms with Gasteiger partial charge < -0.3 is 9.84 Å². The fourth-order valence-corrected chi connectivity index (χ4v) is 1.20. The van der Waals surface area contributed by atoms with Crippen LogP contribution in [0.1, 0.15) is 5.56 Å².